The molecule has 1 saturated heterocycles. The fourth-order valence-electron chi connectivity index (χ4n) is 1.64. The molecule has 1 fully saturated rings. The Morgan fingerprint density at radius 3 is 2.94 bits per heavy atom. The average molecular weight is 239 g/mol. The molecule has 0 unspecified atom stereocenters. The van der Waals surface area contributed by atoms with E-state index in [-0.39, 0.29) is 6.10 Å². The van der Waals surface area contributed by atoms with Gasteiger partial charge in [-0.1, -0.05) is 13.8 Å². The first-order valence-corrected chi connectivity index (χ1v) is 6.21. The Hall–Kier alpha value is -0.840. The van der Waals surface area contributed by atoms with Gasteiger partial charge in [-0.15, -0.1) is 0 Å². The molecule has 1 N–H and O–H groups in total. The normalized spacial score (nSPS) is 16.4. The van der Waals surface area contributed by atoms with E-state index in [0.717, 1.165) is 37.6 Å². The van der Waals surface area contributed by atoms with Crippen LogP contribution in [0.2, 0.25) is 0 Å². The van der Waals surface area contributed by atoms with Gasteiger partial charge in [0.15, 0.2) is 0 Å². The van der Waals surface area contributed by atoms with Crippen molar-refractivity contribution < 1.29 is 13.9 Å². The third-order valence-electron chi connectivity index (χ3n) is 2.76. The standard InChI is InChI=1S/C13H21NO3/c1-10(2)5-14-6-13-11(3-4-16-13)7-17-12-8-15-9-12/h3-4,10,12,14H,5-9H2,1-2H3. The molecule has 17 heavy (non-hydrogen) atoms. The molecule has 0 aromatic carbocycles. The summed E-state index contributed by atoms with van der Waals surface area (Å²) in [5, 5.41) is 3.37. The maximum absolute atomic E-state index is 5.68. The van der Waals surface area contributed by atoms with Crippen molar-refractivity contribution >= 4 is 0 Å². The minimum Gasteiger partial charge on any atom is -0.468 e. The van der Waals surface area contributed by atoms with E-state index in [0.29, 0.717) is 12.5 Å². The van der Waals surface area contributed by atoms with Gasteiger partial charge in [-0.05, 0) is 18.5 Å². The third kappa shape index (κ3) is 3.84. The van der Waals surface area contributed by atoms with Crippen molar-refractivity contribution in [1.29, 1.82) is 0 Å². The number of furan rings is 1. The molecule has 2 heterocycles. The summed E-state index contributed by atoms with van der Waals surface area (Å²) in [6.45, 7) is 8.20. The molecule has 0 saturated carbocycles. The number of hydrogen-bond donors (Lipinski definition) is 1. The molecular formula is C13H21NO3. The maximum atomic E-state index is 5.68. The molecule has 4 heteroatoms. The van der Waals surface area contributed by atoms with E-state index >= 15 is 0 Å². The summed E-state index contributed by atoms with van der Waals surface area (Å²) < 4.78 is 16.2. The van der Waals surface area contributed by atoms with Gasteiger partial charge in [0.2, 0.25) is 0 Å². The van der Waals surface area contributed by atoms with Crippen molar-refractivity contribution in [3.8, 4) is 0 Å². The molecule has 1 aromatic rings. The Kier molecular flexibility index (Phi) is 4.59. The van der Waals surface area contributed by atoms with E-state index in [9.17, 15) is 0 Å². The van der Waals surface area contributed by atoms with Crippen molar-refractivity contribution in [2.24, 2.45) is 5.92 Å². The largest absolute Gasteiger partial charge is 0.468 e. The number of ether oxygens (including phenoxy) is 2. The average Bonchev–Trinajstić information content (AvgIpc) is 2.63. The van der Waals surface area contributed by atoms with Crippen LogP contribution < -0.4 is 5.32 Å². The van der Waals surface area contributed by atoms with Gasteiger partial charge in [0.05, 0.1) is 32.6 Å². The van der Waals surface area contributed by atoms with Gasteiger partial charge in [-0.25, -0.2) is 0 Å². The molecule has 2 rings (SSSR count). The molecule has 0 radical (unpaired) electrons. The van der Waals surface area contributed by atoms with E-state index in [2.05, 4.69) is 19.2 Å². The van der Waals surface area contributed by atoms with Crippen LogP contribution in [0.4, 0.5) is 0 Å². The summed E-state index contributed by atoms with van der Waals surface area (Å²) in [4.78, 5) is 0. The summed E-state index contributed by atoms with van der Waals surface area (Å²) in [6, 6.07) is 1.98. The number of hydrogen-bond acceptors (Lipinski definition) is 4. The van der Waals surface area contributed by atoms with Gasteiger partial charge in [-0.2, -0.15) is 0 Å². The van der Waals surface area contributed by atoms with Crippen molar-refractivity contribution in [1.82, 2.24) is 5.32 Å². The Labute approximate surface area is 102 Å². The summed E-state index contributed by atoms with van der Waals surface area (Å²) in [6.07, 6.45) is 1.99. The molecule has 0 spiro atoms. The molecule has 0 amide bonds. The van der Waals surface area contributed by atoms with Crippen molar-refractivity contribution in [3.05, 3.63) is 23.7 Å². The summed E-state index contributed by atoms with van der Waals surface area (Å²) in [5.74, 6) is 1.63. The zero-order valence-electron chi connectivity index (χ0n) is 10.6. The van der Waals surface area contributed by atoms with Crippen LogP contribution in [0.25, 0.3) is 0 Å². The maximum Gasteiger partial charge on any atom is 0.123 e. The molecule has 0 atom stereocenters. The lowest BCUT2D eigenvalue weighted by atomic mass is 10.2. The van der Waals surface area contributed by atoms with Crippen LogP contribution in [0, 0.1) is 5.92 Å². The predicted molar refractivity (Wildman–Crippen MR) is 64.6 cm³/mol. The van der Waals surface area contributed by atoms with Crippen LogP contribution in [0.3, 0.4) is 0 Å². The van der Waals surface area contributed by atoms with Gasteiger partial charge in [-0.3, -0.25) is 0 Å². The Balaban J connectivity index is 1.74. The second-order valence-electron chi connectivity index (χ2n) is 4.86. The third-order valence-corrected chi connectivity index (χ3v) is 2.76. The molecule has 1 aliphatic rings. The van der Waals surface area contributed by atoms with E-state index in [4.69, 9.17) is 13.9 Å². The highest BCUT2D eigenvalue weighted by Crippen LogP contribution is 2.15. The predicted octanol–water partition coefficient (Wildman–Crippen LogP) is 1.94. The fraction of sp³-hybridized carbons (Fsp3) is 0.692. The highest BCUT2D eigenvalue weighted by molar-refractivity contribution is 5.15. The topological polar surface area (TPSA) is 43.6 Å². The molecular weight excluding hydrogens is 218 g/mol. The molecule has 0 bridgehead atoms. The van der Waals surface area contributed by atoms with Crippen LogP contribution in [-0.4, -0.2) is 25.9 Å². The van der Waals surface area contributed by atoms with Gasteiger partial charge < -0.3 is 19.2 Å². The molecule has 0 aliphatic carbocycles. The minimum absolute atomic E-state index is 0.265. The first kappa shape index (κ1) is 12.6. The van der Waals surface area contributed by atoms with Crippen molar-refractivity contribution in [2.75, 3.05) is 19.8 Å². The second kappa shape index (κ2) is 6.19. The molecule has 1 aliphatic heterocycles. The summed E-state index contributed by atoms with van der Waals surface area (Å²) in [7, 11) is 0. The monoisotopic (exact) mass is 239 g/mol. The quantitative estimate of drug-likeness (QED) is 0.789. The van der Waals surface area contributed by atoms with Crippen molar-refractivity contribution in [3.63, 3.8) is 0 Å². The molecule has 96 valence electrons. The zero-order valence-corrected chi connectivity index (χ0v) is 10.6. The van der Waals surface area contributed by atoms with Crippen LogP contribution in [0.5, 0.6) is 0 Å². The first-order chi connectivity index (χ1) is 8.25. The molecule has 1 aromatic heterocycles. The Bertz CT molecular complexity index is 331. The van der Waals surface area contributed by atoms with Crippen LogP contribution in [0.15, 0.2) is 16.7 Å². The first-order valence-electron chi connectivity index (χ1n) is 6.21. The van der Waals surface area contributed by atoms with Crippen molar-refractivity contribution in [2.45, 2.75) is 33.1 Å². The number of rotatable bonds is 7. The summed E-state index contributed by atoms with van der Waals surface area (Å²) >= 11 is 0. The van der Waals surface area contributed by atoms with E-state index < -0.39 is 0 Å². The van der Waals surface area contributed by atoms with Gasteiger partial charge >= 0.3 is 0 Å². The fourth-order valence-corrected chi connectivity index (χ4v) is 1.64. The summed E-state index contributed by atoms with van der Waals surface area (Å²) in [5.41, 5.74) is 1.13. The molecule has 4 nitrogen and oxygen atoms in total. The lowest BCUT2D eigenvalue weighted by Crippen LogP contribution is -2.35. The van der Waals surface area contributed by atoms with E-state index in [1.165, 1.54) is 0 Å². The van der Waals surface area contributed by atoms with Gasteiger partial charge in [0.1, 0.15) is 11.9 Å². The second-order valence-corrected chi connectivity index (χ2v) is 4.86. The number of nitrogens with one attached hydrogen (secondary N) is 1. The van der Waals surface area contributed by atoms with E-state index in [1.807, 2.05) is 6.07 Å². The van der Waals surface area contributed by atoms with Crippen LogP contribution in [0.1, 0.15) is 25.2 Å². The lowest BCUT2D eigenvalue weighted by Gasteiger charge is -2.25. The lowest BCUT2D eigenvalue weighted by molar-refractivity contribution is -0.135. The smallest absolute Gasteiger partial charge is 0.123 e. The zero-order chi connectivity index (χ0) is 12.1. The SMILES string of the molecule is CC(C)CNCc1occc1COC1COC1. The van der Waals surface area contributed by atoms with Gasteiger partial charge in [0.25, 0.3) is 0 Å². The Morgan fingerprint density at radius 2 is 2.29 bits per heavy atom. The highest BCUT2D eigenvalue weighted by Gasteiger charge is 2.19. The highest BCUT2D eigenvalue weighted by atomic mass is 16.6. The van der Waals surface area contributed by atoms with Gasteiger partial charge in [0, 0.05) is 5.56 Å². The minimum atomic E-state index is 0.265. The van der Waals surface area contributed by atoms with E-state index in [1.54, 1.807) is 6.26 Å². The van der Waals surface area contributed by atoms with Crippen LogP contribution in [-0.2, 0) is 22.6 Å². The van der Waals surface area contributed by atoms with Crippen LogP contribution >= 0.6 is 0 Å². The Morgan fingerprint density at radius 1 is 1.47 bits per heavy atom.